The van der Waals surface area contributed by atoms with Gasteiger partial charge in [0.2, 0.25) is 5.88 Å². The lowest BCUT2D eigenvalue weighted by Crippen LogP contribution is -2.06. The fraction of sp³-hybridized carbons (Fsp3) is 0.125. The molecule has 4 heterocycles. The Hall–Kier alpha value is -2.40. The van der Waals surface area contributed by atoms with Gasteiger partial charge in [-0.1, -0.05) is 23.2 Å². The summed E-state index contributed by atoms with van der Waals surface area (Å²) in [4.78, 5) is 33.7. The van der Waals surface area contributed by atoms with Crippen molar-refractivity contribution in [1.29, 1.82) is 0 Å². The van der Waals surface area contributed by atoms with Gasteiger partial charge in [0.15, 0.2) is 21.7 Å². The maximum absolute atomic E-state index is 11.0. The number of aryl methyl sites for hydroxylation is 2. The number of hydrogen-bond donors (Lipinski definition) is 2. The standard InChI is InChI=1S/C8H5Cl2N3S.C8H7N3O2S/c1-4-3-14-8(11-4)7-12-5(9)2-6(10)13-7;1-4-3-14-8(9-4)7-10-5(12)2-6(13)11-7/h2-3H,1H3;2-3H,1H3,(H2,10,11,12,13). The molecule has 0 fully saturated rings. The molecule has 0 aliphatic heterocycles. The van der Waals surface area contributed by atoms with Crippen LogP contribution in [0.3, 0.4) is 0 Å². The molecule has 12 heteroatoms. The number of rotatable bonds is 2. The van der Waals surface area contributed by atoms with Crippen LogP contribution in [0.1, 0.15) is 11.4 Å². The summed E-state index contributed by atoms with van der Waals surface area (Å²) in [6.45, 7) is 3.76. The van der Waals surface area contributed by atoms with E-state index in [9.17, 15) is 4.79 Å². The molecule has 0 aliphatic rings. The normalized spacial score (nSPS) is 10.4. The smallest absolute Gasteiger partial charge is 0.255 e. The third-order valence-electron chi connectivity index (χ3n) is 3.02. The van der Waals surface area contributed by atoms with E-state index in [0.717, 1.165) is 22.5 Å². The van der Waals surface area contributed by atoms with Crippen molar-refractivity contribution in [3.05, 3.63) is 54.9 Å². The van der Waals surface area contributed by atoms with Crippen LogP contribution in [0.15, 0.2) is 27.7 Å². The zero-order valence-corrected chi connectivity index (χ0v) is 17.6. The number of nitrogens with zero attached hydrogens (tertiary/aromatic N) is 5. The first-order chi connectivity index (χ1) is 13.3. The van der Waals surface area contributed by atoms with Crippen molar-refractivity contribution in [3.8, 4) is 27.5 Å². The van der Waals surface area contributed by atoms with Gasteiger partial charge in [-0.25, -0.2) is 19.9 Å². The van der Waals surface area contributed by atoms with Gasteiger partial charge in [-0.15, -0.1) is 22.7 Å². The molecule has 0 amide bonds. The van der Waals surface area contributed by atoms with E-state index in [4.69, 9.17) is 28.3 Å². The van der Waals surface area contributed by atoms with Crippen LogP contribution in [0.2, 0.25) is 10.3 Å². The molecule has 4 aromatic rings. The molecule has 0 saturated carbocycles. The number of aromatic amines is 1. The molecule has 0 bridgehead atoms. The van der Waals surface area contributed by atoms with Gasteiger partial charge >= 0.3 is 0 Å². The van der Waals surface area contributed by atoms with Crippen molar-refractivity contribution in [3.63, 3.8) is 0 Å². The topological polar surface area (TPSA) is 118 Å². The van der Waals surface area contributed by atoms with E-state index < -0.39 is 0 Å². The first kappa shape index (κ1) is 20.3. The summed E-state index contributed by atoms with van der Waals surface area (Å²) in [7, 11) is 0. The Balaban J connectivity index is 0.000000161. The summed E-state index contributed by atoms with van der Waals surface area (Å²) in [5, 5.41) is 14.9. The molecule has 144 valence electrons. The summed E-state index contributed by atoms with van der Waals surface area (Å²) < 4.78 is 0. The highest BCUT2D eigenvalue weighted by molar-refractivity contribution is 7.13. The SMILES string of the molecule is Cc1csc(-c2nc(Cl)cc(Cl)n2)n1.Cc1csc(-c2nc(O)cc(=O)[nH]2)n1. The molecule has 0 spiro atoms. The average molecular weight is 455 g/mol. The third kappa shape index (κ3) is 5.32. The molecular formula is C16H12Cl2N6O2S2. The Morgan fingerprint density at radius 1 is 0.893 bits per heavy atom. The first-order valence-corrected chi connectivity index (χ1v) is 10.2. The van der Waals surface area contributed by atoms with E-state index in [0.29, 0.717) is 27.0 Å². The highest BCUT2D eigenvalue weighted by Gasteiger charge is 2.08. The van der Waals surface area contributed by atoms with Crippen LogP contribution in [-0.2, 0) is 0 Å². The Labute approximate surface area is 176 Å². The molecular weight excluding hydrogens is 443 g/mol. The van der Waals surface area contributed by atoms with E-state index in [2.05, 4.69) is 29.9 Å². The number of thiazole rings is 2. The van der Waals surface area contributed by atoms with E-state index in [1.54, 1.807) is 0 Å². The lowest BCUT2D eigenvalue weighted by molar-refractivity contribution is 0.452. The molecule has 4 aromatic heterocycles. The Morgan fingerprint density at radius 2 is 1.46 bits per heavy atom. The van der Waals surface area contributed by atoms with Gasteiger partial charge in [-0.3, -0.25) is 4.79 Å². The number of H-pyrrole nitrogens is 1. The molecule has 0 aliphatic carbocycles. The second-order valence-electron chi connectivity index (χ2n) is 5.38. The molecule has 0 atom stereocenters. The van der Waals surface area contributed by atoms with Crippen molar-refractivity contribution >= 4 is 45.9 Å². The molecule has 0 aromatic carbocycles. The quantitative estimate of drug-likeness (QED) is 0.437. The van der Waals surface area contributed by atoms with Crippen LogP contribution in [0, 0.1) is 13.8 Å². The Kier molecular flexibility index (Phi) is 6.35. The van der Waals surface area contributed by atoms with E-state index in [1.807, 2.05) is 24.6 Å². The summed E-state index contributed by atoms with van der Waals surface area (Å²) in [5.41, 5.74) is 1.40. The number of halogens is 2. The van der Waals surface area contributed by atoms with Crippen LogP contribution in [0.25, 0.3) is 21.7 Å². The maximum atomic E-state index is 11.0. The predicted octanol–water partition coefficient (Wildman–Crippen LogP) is 4.12. The zero-order chi connectivity index (χ0) is 20.3. The Bertz CT molecular complexity index is 1150. The van der Waals surface area contributed by atoms with Crippen molar-refractivity contribution < 1.29 is 5.11 Å². The van der Waals surface area contributed by atoms with Crippen molar-refractivity contribution in [2.75, 3.05) is 0 Å². The number of aromatic nitrogens is 6. The van der Waals surface area contributed by atoms with Gasteiger partial charge < -0.3 is 10.1 Å². The maximum Gasteiger partial charge on any atom is 0.255 e. The van der Waals surface area contributed by atoms with Gasteiger partial charge in [0.05, 0.1) is 6.07 Å². The summed E-state index contributed by atoms with van der Waals surface area (Å²) in [5.74, 6) is 0.477. The van der Waals surface area contributed by atoms with E-state index in [1.165, 1.54) is 28.7 Å². The fourth-order valence-corrected chi connectivity index (χ4v) is 3.84. The molecule has 2 N–H and O–H groups in total. The van der Waals surface area contributed by atoms with Crippen LogP contribution >= 0.6 is 45.9 Å². The highest BCUT2D eigenvalue weighted by atomic mass is 35.5. The summed E-state index contributed by atoms with van der Waals surface area (Å²) in [6, 6.07) is 2.51. The van der Waals surface area contributed by atoms with E-state index >= 15 is 0 Å². The van der Waals surface area contributed by atoms with Crippen LogP contribution in [0.5, 0.6) is 5.88 Å². The first-order valence-electron chi connectivity index (χ1n) is 7.65. The molecule has 0 radical (unpaired) electrons. The van der Waals surface area contributed by atoms with Crippen LogP contribution in [-0.4, -0.2) is 35.0 Å². The minimum Gasteiger partial charge on any atom is -0.493 e. The van der Waals surface area contributed by atoms with Gasteiger partial charge in [0, 0.05) is 28.2 Å². The van der Waals surface area contributed by atoms with Crippen molar-refractivity contribution in [2.24, 2.45) is 0 Å². The highest BCUT2D eigenvalue weighted by Crippen LogP contribution is 2.23. The monoisotopic (exact) mass is 454 g/mol. The second kappa shape index (κ2) is 8.74. The van der Waals surface area contributed by atoms with Gasteiger partial charge in [0.25, 0.3) is 5.56 Å². The lowest BCUT2D eigenvalue weighted by Gasteiger charge is -1.96. The van der Waals surface area contributed by atoms with Gasteiger partial charge in [-0.05, 0) is 13.8 Å². The molecule has 28 heavy (non-hydrogen) atoms. The predicted molar refractivity (Wildman–Crippen MR) is 110 cm³/mol. The van der Waals surface area contributed by atoms with Crippen molar-refractivity contribution in [2.45, 2.75) is 13.8 Å². The van der Waals surface area contributed by atoms with Gasteiger partial charge in [0.1, 0.15) is 10.3 Å². The lowest BCUT2D eigenvalue weighted by atomic mass is 10.5. The molecule has 8 nitrogen and oxygen atoms in total. The molecule has 4 rings (SSSR count). The third-order valence-corrected chi connectivity index (χ3v) is 5.33. The van der Waals surface area contributed by atoms with Crippen LogP contribution in [0.4, 0.5) is 0 Å². The van der Waals surface area contributed by atoms with Gasteiger partial charge in [-0.2, -0.15) is 4.98 Å². The number of hydrogen-bond acceptors (Lipinski definition) is 9. The second-order valence-corrected chi connectivity index (χ2v) is 7.87. The largest absolute Gasteiger partial charge is 0.493 e. The number of nitrogens with one attached hydrogen (secondary N) is 1. The molecule has 0 saturated heterocycles. The van der Waals surface area contributed by atoms with E-state index in [-0.39, 0.29) is 11.4 Å². The molecule has 0 unspecified atom stereocenters. The fourth-order valence-electron chi connectivity index (χ4n) is 1.95. The van der Waals surface area contributed by atoms with Crippen LogP contribution < -0.4 is 5.56 Å². The van der Waals surface area contributed by atoms with Crippen molar-refractivity contribution in [1.82, 2.24) is 29.9 Å². The summed E-state index contributed by atoms with van der Waals surface area (Å²) in [6.07, 6.45) is 0. The number of aromatic hydroxyl groups is 1. The Morgan fingerprint density at radius 3 is 1.96 bits per heavy atom. The zero-order valence-electron chi connectivity index (χ0n) is 14.5. The summed E-state index contributed by atoms with van der Waals surface area (Å²) >= 11 is 14.3. The minimum absolute atomic E-state index is 0.295. The average Bonchev–Trinajstić information content (AvgIpc) is 3.22. The minimum atomic E-state index is -0.389.